The Morgan fingerprint density at radius 3 is 2.37 bits per heavy atom. The molecule has 3 N–H and O–H groups in total. The number of aromatic nitrogens is 1. The predicted octanol–water partition coefficient (Wildman–Crippen LogP) is 2.89. The Kier molecular flexibility index (Phi) is 5.33. The first-order valence-corrected chi connectivity index (χ1v) is 8.30. The second-order valence-corrected chi connectivity index (χ2v) is 6.06. The highest BCUT2D eigenvalue weighted by molar-refractivity contribution is 6.05. The highest BCUT2D eigenvalue weighted by Crippen LogP contribution is 2.21. The van der Waals surface area contributed by atoms with Crippen LogP contribution < -0.4 is 16.2 Å². The van der Waals surface area contributed by atoms with E-state index in [9.17, 15) is 14.4 Å². The molecule has 0 aliphatic heterocycles. The van der Waals surface area contributed by atoms with Crippen LogP contribution in [0, 0.1) is 0 Å². The monoisotopic (exact) mass is 365 g/mol. The number of anilines is 2. The zero-order valence-corrected chi connectivity index (χ0v) is 15.0. The molecular weight excluding hydrogens is 346 g/mol. The third-order valence-corrected chi connectivity index (χ3v) is 3.95. The van der Waals surface area contributed by atoms with Gasteiger partial charge in [-0.1, -0.05) is 6.07 Å². The minimum absolute atomic E-state index is 0.176. The molecule has 0 saturated heterocycles. The first kappa shape index (κ1) is 18.3. The summed E-state index contributed by atoms with van der Waals surface area (Å²) in [4.78, 5) is 38.1. The molecule has 3 rings (SSSR count). The predicted molar refractivity (Wildman–Crippen MR) is 104 cm³/mol. The number of hydrogen-bond acceptors (Lipinski definition) is 4. The molecule has 1 heterocycles. The van der Waals surface area contributed by atoms with Gasteiger partial charge in [0.15, 0.2) is 0 Å². The van der Waals surface area contributed by atoms with E-state index < -0.39 is 0 Å². The number of carbonyl (C=O) groups excluding carboxylic acids is 2. The molecule has 7 nitrogen and oxygen atoms in total. The quantitative estimate of drug-likeness (QED) is 0.647. The van der Waals surface area contributed by atoms with Crippen molar-refractivity contribution < 1.29 is 14.3 Å². The molecule has 0 aliphatic carbocycles. The zero-order chi connectivity index (χ0) is 19.4. The van der Waals surface area contributed by atoms with E-state index in [1.807, 2.05) is 6.07 Å². The van der Waals surface area contributed by atoms with E-state index in [4.69, 9.17) is 4.74 Å². The number of benzene rings is 2. The fourth-order valence-electron chi connectivity index (χ4n) is 2.80. The van der Waals surface area contributed by atoms with Crippen LogP contribution in [0.5, 0.6) is 0 Å². The van der Waals surface area contributed by atoms with Crippen molar-refractivity contribution in [2.75, 3.05) is 17.7 Å². The minimum atomic E-state index is -0.292. The zero-order valence-electron chi connectivity index (χ0n) is 15.0. The van der Waals surface area contributed by atoms with Crippen LogP contribution >= 0.6 is 0 Å². The smallest absolute Gasteiger partial charge is 0.255 e. The number of methoxy groups -OCH3 is 1. The third-order valence-electron chi connectivity index (χ3n) is 3.95. The van der Waals surface area contributed by atoms with Crippen molar-refractivity contribution >= 4 is 34.1 Å². The van der Waals surface area contributed by atoms with E-state index in [-0.39, 0.29) is 17.4 Å². The summed E-state index contributed by atoms with van der Waals surface area (Å²) >= 11 is 0. The van der Waals surface area contributed by atoms with Gasteiger partial charge in [-0.15, -0.1) is 0 Å². The Hall–Kier alpha value is -3.45. The van der Waals surface area contributed by atoms with E-state index in [1.54, 1.807) is 43.5 Å². The maximum Gasteiger partial charge on any atom is 0.255 e. The summed E-state index contributed by atoms with van der Waals surface area (Å²) in [5.41, 5.74) is 2.80. The van der Waals surface area contributed by atoms with Gasteiger partial charge in [-0.3, -0.25) is 14.4 Å². The molecule has 0 aliphatic rings. The Bertz CT molecular complexity index is 1060. The van der Waals surface area contributed by atoms with Crippen LogP contribution in [0.1, 0.15) is 22.8 Å². The summed E-state index contributed by atoms with van der Waals surface area (Å²) in [7, 11) is 1.57. The van der Waals surface area contributed by atoms with Crippen LogP contribution in [-0.4, -0.2) is 23.9 Å². The molecule has 27 heavy (non-hydrogen) atoms. The van der Waals surface area contributed by atoms with Crippen LogP contribution in [0.15, 0.2) is 53.3 Å². The van der Waals surface area contributed by atoms with Crippen LogP contribution in [-0.2, 0) is 16.1 Å². The average molecular weight is 365 g/mol. The molecule has 3 aromatic rings. The number of amides is 2. The third kappa shape index (κ3) is 4.39. The highest BCUT2D eigenvalue weighted by Gasteiger charge is 2.09. The second-order valence-electron chi connectivity index (χ2n) is 6.06. The summed E-state index contributed by atoms with van der Waals surface area (Å²) in [6.45, 7) is 1.75. The van der Waals surface area contributed by atoms with Gasteiger partial charge < -0.3 is 20.4 Å². The standard InChI is InChI=1S/C20H19N3O4/c1-12(24)21-15-5-3-13(4-6-15)20(26)22-16-7-8-17-14(11-27-2)9-19(25)23-18(17)10-16/h3-10H,11H2,1-2H3,(H,21,24)(H,22,26)(H,23,25). The molecule has 0 spiro atoms. The Morgan fingerprint density at radius 1 is 1.00 bits per heavy atom. The molecule has 0 fully saturated rings. The molecule has 138 valence electrons. The number of H-pyrrole nitrogens is 1. The lowest BCUT2D eigenvalue weighted by Crippen LogP contribution is -2.13. The second kappa shape index (κ2) is 7.84. The highest BCUT2D eigenvalue weighted by atomic mass is 16.5. The Morgan fingerprint density at radius 2 is 1.70 bits per heavy atom. The van der Waals surface area contributed by atoms with Crippen molar-refractivity contribution in [1.29, 1.82) is 0 Å². The van der Waals surface area contributed by atoms with Gasteiger partial charge in [-0.25, -0.2) is 0 Å². The molecule has 7 heteroatoms. The molecule has 0 unspecified atom stereocenters. The minimum Gasteiger partial charge on any atom is -0.380 e. The Labute approximate surface area is 155 Å². The fraction of sp³-hybridized carbons (Fsp3) is 0.150. The largest absolute Gasteiger partial charge is 0.380 e. The van der Waals surface area contributed by atoms with Gasteiger partial charge in [-0.2, -0.15) is 0 Å². The van der Waals surface area contributed by atoms with Gasteiger partial charge in [0, 0.05) is 42.4 Å². The van der Waals surface area contributed by atoms with Crippen molar-refractivity contribution in [3.8, 4) is 0 Å². The number of aromatic amines is 1. The molecule has 0 bridgehead atoms. The van der Waals surface area contributed by atoms with Crippen molar-refractivity contribution in [2.24, 2.45) is 0 Å². The molecular formula is C20H19N3O4. The van der Waals surface area contributed by atoms with Crippen LogP contribution in [0.2, 0.25) is 0 Å². The van der Waals surface area contributed by atoms with Gasteiger partial charge in [0.1, 0.15) is 0 Å². The van der Waals surface area contributed by atoms with E-state index in [0.29, 0.717) is 29.1 Å². The van der Waals surface area contributed by atoms with Gasteiger partial charge in [0.2, 0.25) is 11.5 Å². The molecule has 2 amide bonds. The summed E-state index contributed by atoms with van der Waals surface area (Å²) in [6, 6.07) is 13.4. The number of ether oxygens (including phenoxy) is 1. The lowest BCUT2D eigenvalue weighted by molar-refractivity contribution is -0.114. The van der Waals surface area contributed by atoms with Crippen molar-refractivity contribution in [2.45, 2.75) is 13.5 Å². The number of fused-ring (bicyclic) bond motifs is 1. The first-order chi connectivity index (χ1) is 13.0. The van der Waals surface area contributed by atoms with Crippen molar-refractivity contribution in [1.82, 2.24) is 4.98 Å². The van der Waals surface area contributed by atoms with Crippen LogP contribution in [0.3, 0.4) is 0 Å². The number of rotatable bonds is 5. The van der Waals surface area contributed by atoms with E-state index in [2.05, 4.69) is 15.6 Å². The number of hydrogen-bond donors (Lipinski definition) is 3. The molecule has 2 aromatic carbocycles. The summed E-state index contributed by atoms with van der Waals surface area (Å²) < 4.78 is 5.13. The lowest BCUT2D eigenvalue weighted by Gasteiger charge is -2.09. The topological polar surface area (TPSA) is 100 Å². The number of pyridine rings is 1. The van der Waals surface area contributed by atoms with Gasteiger partial charge in [-0.05, 0) is 42.0 Å². The number of nitrogens with one attached hydrogen (secondary N) is 3. The van der Waals surface area contributed by atoms with Crippen molar-refractivity contribution in [3.05, 3.63) is 70.0 Å². The van der Waals surface area contributed by atoms with E-state index in [0.717, 1.165) is 10.9 Å². The first-order valence-electron chi connectivity index (χ1n) is 8.30. The van der Waals surface area contributed by atoms with Gasteiger partial charge in [0.25, 0.3) is 5.91 Å². The van der Waals surface area contributed by atoms with Crippen LogP contribution in [0.4, 0.5) is 11.4 Å². The SMILES string of the molecule is COCc1cc(=O)[nH]c2cc(NC(=O)c3ccc(NC(C)=O)cc3)ccc12. The van der Waals surface area contributed by atoms with Crippen LogP contribution in [0.25, 0.3) is 10.9 Å². The van der Waals surface area contributed by atoms with Crippen molar-refractivity contribution in [3.63, 3.8) is 0 Å². The van der Waals surface area contributed by atoms with E-state index in [1.165, 1.54) is 13.0 Å². The lowest BCUT2D eigenvalue weighted by atomic mass is 10.1. The summed E-state index contributed by atoms with van der Waals surface area (Å²) in [5, 5.41) is 6.30. The molecule has 0 atom stereocenters. The molecule has 0 radical (unpaired) electrons. The molecule has 1 aromatic heterocycles. The fourth-order valence-corrected chi connectivity index (χ4v) is 2.80. The van der Waals surface area contributed by atoms with Gasteiger partial charge in [0.05, 0.1) is 12.1 Å². The maximum absolute atomic E-state index is 12.4. The molecule has 0 saturated carbocycles. The van der Waals surface area contributed by atoms with Gasteiger partial charge >= 0.3 is 0 Å². The summed E-state index contributed by atoms with van der Waals surface area (Å²) in [6.07, 6.45) is 0. The number of carbonyl (C=O) groups is 2. The Balaban J connectivity index is 1.82. The normalized spacial score (nSPS) is 10.6. The average Bonchev–Trinajstić information content (AvgIpc) is 2.61. The summed E-state index contributed by atoms with van der Waals surface area (Å²) in [5.74, 6) is -0.468. The maximum atomic E-state index is 12.4. The van der Waals surface area contributed by atoms with E-state index >= 15 is 0 Å².